The van der Waals surface area contributed by atoms with Crippen LogP contribution in [0.3, 0.4) is 0 Å². The Morgan fingerprint density at radius 1 is 1.42 bits per heavy atom. The largest absolute Gasteiger partial charge is 0.396 e. The summed E-state index contributed by atoms with van der Waals surface area (Å²) in [7, 11) is -3.94. The van der Waals surface area contributed by atoms with Crippen LogP contribution in [0.25, 0.3) is 0 Å². The standard InChI is InChI=1S/C10H15N3O5S/c14-6-7-2-1-3-13(5-7)19(17,18)8-4-11-10(16)12-9(8)15/h4,7,14H,1-3,5-6H2,(H2,11,12,15,16)/t7-/m0/s1. The van der Waals surface area contributed by atoms with Gasteiger partial charge >= 0.3 is 5.69 Å². The molecule has 0 radical (unpaired) electrons. The third-order valence-corrected chi connectivity index (χ3v) is 5.01. The SMILES string of the molecule is O=c1[nH]cc(S(=O)(=O)N2CCC[C@H](CO)C2)c(=O)[nH]1. The minimum Gasteiger partial charge on any atom is -0.396 e. The Morgan fingerprint density at radius 3 is 2.79 bits per heavy atom. The quantitative estimate of drug-likeness (QED) is 0.622. The lowest BCUT2D eigenvalue weighted by atomic mass is 10.0. The van der Waals surface area contributed by atoms with Gasteiger partial charge in [0.1, 0.15) is 0 Å². The number of nitrogens with zero attached hydrogens (tertiary/aromatic N) is 1. The average molecular weight is 289 g/mol. The fourth-order valence-corrected chi connectivity index (χ4v) is 3.67. The number of piperidine rings is 1. The molecule has 0 unspecified atom stereocenters. The second-order valence-corrected chi connectivity index (χ2v) is 6.40. The van der Waals surface area contributed by atoms with E-state index in [-0.39, 0.29) is 19.1 Å². The number of hydrogen-bond donors (Lipinski definition) is 3. The van der Waals surface area contributed by atoms with E-state index in [4.69, 9.17) is 5.11 Å². The molecule has 106 valence electrons. The van der Waals surface area contributed by atoms with Crippen molar-refractivity contribution in [3.63, 3.8) is 0 Å². The molecule has 1 aliphatic heterocycles. The molecule has 1 saturated heterocycles. The van der Waals surface area contributed by atoms with E-state index in [1.54, 1.807) is 0 Å². The highest BCUT2D eigenvalue weighted by atomic mass is 32.2. The van der Waals surface area contributed by atoms with Crippen LogP contribution < -0.4 is 11.2 Å². The Labute approximate surface area is 109 Å². The second-order valence-electron chi connectivity index (χ2n) is 4.49. The zero-order valence-corrected chi connectivity index (χ0v) is 10.9. The molecule has 0 amide bonds. The van der Waals surface area contributed by atoms with Crippen molar-refractivity contribution >= 4 is 10.0 Å². The third kappa shape index (κ3) is 2.77. The summed E-state index contributed by atoms with van der Waals surface area (Å²) in [4.78, 5) is 26.0. The van der Waals surface area contributed by atoms with Gasteiger partial charge < -0.3 is 10.1 Å². The summed E-state index contributed by atoms with van der Waals surface area (Å²) in [6.07, 6.45) is 2.29. The zero-order valence-electron chi connectivity index (χ0n) is 10.1. The monoisotopic (exact) mass is 289 g/mol. The first-order valence-corrected chi connectivity index (χ1v) is 7.32. The number of aromatic amines is 2. The number of aliphatic hydroxyl groups excluding tert-OH is 1. The van der Waals surface area contributed by atoms with Crippen LogP contribution in [0, 0.1) is 5.92 Å². The Kier molecular flexibility index (Phi) is 3.88. The maximum absolute atomic E-state index is 12.3. The minimum atomic E-state index is -3.94. The van der Waals surface area contributed by atoms with Crippen molar-refractivity contribution in [2.24, 2.45) is 5.92 Å². The molecule has 1 aromatic heterocycles. The lowest BCUT2D eigenvalue weighted by Gasteiger charge is -2.30. The molecule has 2 rings (SSSR count). The molecule has 2 heterocycles. The Bertz CT molecular complexity index is 662. The lowest BCUT2D eigenvalue weighted by molar-refractivity contribution is 0.165. The van der Waals surface area contributed by atoms with Gasteiger partial charge in [-0.15, -0.1) is 0 Å². The molecular formula is C10H15N3O5S. The van der Waals surface area contributed by atoms with Crippen LogP contribution in [0.15, 0.2) is 20.7 Å². The zero-order chi connectivity index (χ0) is 14.0. The predicted octanol–water partition coefficient (Wildman–Crippen LogP) is -1.54. The van der Waals surface area contributed by atoms with Crippen LogP contribution in [0.5, 0.6) is 0 Å². The van der Waals surface area contributed by atoms with E-state index in [0.29, 0.717) is 13.0 Å². The number of H-pyrrole nitrogens is 2. The molecule has 1 aliphatic rings. The molecular weight excluding hydrogens is 274 g/mol. The molecule has 1 atom stereocenters. The Balaban J connectivity index is 2.37. The highest BCUT2D eigenvalue weighted by molar-refractivity contribution is 7.89. The van der Waals surface area contributed by atoms with Crippen LogP contribution in [0.1, 0.15) is 12.8 Å². The van der Waals surface area contributed by atoms with Crippen LogP contribution in [-0.2, 0) is 10.0 Å². The summed E-state index contributed by atoms with van der Waals surface area (Å²) < 4.78 is 25.7. The summed E-state index contributed by atoms with van der Waals surface area (Å²) >= 11 is 0. The first-order chi connectivity index (χ1) is 8.95. The molecule has 0 spiro atoms. The van der Waals surface area contributed by atoms with Gasteiger partial charge in [0.25, 0.3) is 5.56 Å². The summed E-state index contributed by atoms with van der Waals surface area (Å²) in [5.41, 5.74) is -1.69. The van der Waals surface area contributed by atoms with Crippen LogP contribution in [0.4, 0.5) is 0 Å². The smallest absolute Gasteiger partial charge is 0.325 e. The van der Waals surface area contributed by atoms with Gasteiger partial charge in [0, 0.05) is 25.9 Å². The second kappa shape index (κ2) is 5.27. The molecule has 19 heavy (non-hydrogen) atoms. The molecule has 0 bridgehead atoms. The van der Waals surface area contributed by atoms with Crippen LogP contribution in [-0.4, -0.2) is 47.5 Å². The van der Waals surface area contributed by atoms with Gasteiger partial charge in [-0.05, 0) is 18.8 Å². The number of rotatable bonds is 3. The molecule has 0 saturated carbocycles. The molecule has 9 heteroatoms. The van der Waals surface area contributed by atoms with Crippen molar-refractivity contribution in [2.75, 3.05) is 19.7 Å². The van der Waals surface area contributed by atoms with Crippen molar-refractivity contribution in [1.82, 2.24) is 14.3 Å². The summed E-state index contributed by atoms with van der Waals surface area (Å²) in [6, 6.07) is 0. The fraction of sp³-hybridized carbons (Fsp3) is 0.600. The summed E-state index contributed by atoms with van der Waals surface area (Å²) in [6.45, 7) is 0.392. The van der Waals surface area contributed by atoms with Crippen LogP contribution >= 0.6 is 0 Å². The molecule has 1 aromatic rings. The maximum atomic E-state index is 12.3. The first-order valence-electron chi connectivity index (χ1n) is 5.88. The number of aliphatic hydroxyl groups is 1. The van der Waals surface area contributed by atoms with Crippen LogP contribution in [0.2, 0.25) is 0 Å². The predicted molar refractivity (Wildman–Crippen MR) is 66.3 cm³/mol. The summed E-state index contributed by atoms with van der Waals surface area (Å²) in [5, 5.41) is 9.10. The first kappa shape index (κ1) is 14.0. The maximum Gasteiger partial charge on any atom is 0.325 e. The van der Waals surface area contributed by atoms with Gasteiger partial charge in [-0.25, -0.2) is 13.2 Å². The number of aromatic nitrogens is 2. The van der Waals surface area contributed by atoms with Gasteiger partial charge in [-0.1, -0.05) is 0 Å². The van der Waals surface area contributed by atoms with Crippen molar-refractivity contribution in [1.29, 1.82) is 0 Å². The van der Waals surface area contributed by atoms with E-state index in [1.165, 1.54) is 4.31 Å². The van der Waals surface area contributed by atoms with Crippen molar-refractivity contribution in [2.45, 2.75) is 17.7 Å². The van der Waals surface area contributed by atoms with E-state index < -0.39 is 26.2 Å². The average Bonchev–Trinajstić information content (AvgIpc) is 2.38. The van der Waals surface area contributed by atoms with E-state index >= 15 is 0 Å². The fourth-order valence-electron chi connectivity index (χ4n) is 2.12. The number of nitrogens with one attached hydrogen (secondary N) is 2. The van der Waals surface area contributed by atoms with E-state index in [1.807, 2.05) is 4.98 Å². The molecule has 3 N–H and O–H groups in total. The topological polar surface area (TPSA) is 123 Å². The summed E-state index contributed by atoms with van der Waals surface area (Å²) in [5.74, 6) is -0.120. The van der Waals surface area contributed by atoms with Crippen molar-refractivity contribution in [3.05, 3.63) is 27.0 Å². The Hall–Kier alpha value is -1.45. The van der Waals surface area contributed by atoms with E-state index in [9.17, 15) is 18.0 Å². The molecule has 1 fully saturated rings. The number of sulfonamides is 1. The van der Waals surface area contributed by atoms with Crippen molar-refractivity contribution < 1.29 is 13.5 Å². The highest BCUT2D eigenvalue weighted by Crippen LogP contribution is 2.21. The van der Waals surface area contributed by atoms with Crippen molar-refractivity contribution in [3.8, 4) is 0 Å². The van der Waals surface area contributed by atoms with E-state index in [2.05, 4.69) is 4.98 Å². The van der Waals surface area contributed by atoms with Gasteiger partial charge in [-0.3, -0.25) is 9.78 Å². The van der Waals surface area contributed by atoms with E-state index in [0.717, 1.165) is 12.6 Å². The van der Waals surface area contributed by atoms with Gasteiger partial charge in [0.15, 0.2) is 4.90 Å². The number of hydrogen-bond acceptors (Lipinski definition) is 5. The minimum absolute atomic E-state index is 0.0893. The molecule has 0 aromatic carbocycles. The Morgan fingerprint density at radius 2 is 2.16 bits per heavy atom. The third-order valence-electron chi connectivity index (χ3n) is 3.14. The molecule has 0 aliphatic carbocycles. The van der Waals surface area contributed by atoms with Gasteiger partial charge in [0.2, 0.25) is 10.0 Å². The lowest BCUT2D eigenvalue weighted by Crippen LogP contribution is -2.43. The highest BCUT2D eigenvalue weighted by Gasteiger charge is 2.31. The normalized spacial score (nSPS) is 21.4. The van der Waals surface area contributed by atoms with Gasteiger partial charge in [-0.2, -0.15) is 4.31 Å². The molecule has 8 nitrogen and oxygen atoms in total. The van der Waals surface area contributed by atoms with Gasteiger partial charge in [0.05, 0.1) is 0 Å².